The molecule has 2 aromatic heterocycles. The Kier molecular flexibility index (Phi) is 9.35. The van der Waals surface area contributed by atoms with Crippen LogP contribution >= 0.6 is 0 Å². The van der Waals surface area contributed by atoms with Crippen LogP contribution in [0.2, 0.25) is 0 Å². The SMILES string of the molecule is C#CCC(Cc1cnc2nc(C)nc(N)c2n1)c1ccc(C=O)cc1.N[C@H](O)CCC(=O)O. The number of fused-ring (bicyclic) bond motifs is 1. The molecule has 3 aromatic rings. The number of aryl methyl sites for hydroxylation is 1. The second kappa shape index (κ2) is 12.2. The summed E-state index contributed by atoms with van der Waals surface area (Å²) in [5, 5.41) is 16.3. The van der Waals surface area contributed by atoms with Crippen molar-refractivity contribution < 1.29 is 19.8 Å². The summed E-state index contributed by atoms with van der Waals surface area (Å²) in [6.45, 7) is 1.76. The lowest BCUT2D eigenvalue weighted by Crippen LogP contribution is -2.19. The molecule has 0 amide bonds. The molecule has 0 spiro atoms. The van der Waals surface area contributed by atoms with Crippen molar-refractivity contribution >= 4 is 29.2 Å². The van der Waals surface area contributed by atoms with Gasteiger partial charge in [-0.1, -0.05) is 24.3 Å². The number of aliphatic carboxylic acids is 1. The molecule has 3 rings (SSSR count). The Morgan fingerprint density at radius 1 is 1.24 bits per heavy atom. The van der Waals surface area contributed by atoms with E-state index in [1.54, 1.807) is 25.3 Å². The van der Waals surface area contributed by atoms with Gasteiger partial charge in [0.1, 0.15) is 18.3 Å². The van der Waals surface area contributed by atoms with Crippen molar-refractivity contribution in [2.24, 2.45) is 5.73 Å². The van der Waals surface area contributed by atoms with E-state index >= 15 is 0 Å². The quantitative estimate of drug-likeness (QED) is 0.224. The lowest BCUT2D eigenvalue weighted by atomic mass is 9.91. The Labute approximate surface area is 191 Å². The lowest BCUT2D eigenvalue weighted by Gasteiger charge is -2.15. The molecule has 0 aliphatic rings. The Hall–Kier alpha value is -3.94. The van der Waals surface area contributed by atoms with E-state index in [2.05, 4.69) is 25.9 Å². The van der Waals surface area contributed by atoms with E-state index in [0.29, 0.717) is 41.2 Å². The summed E-state index contributed by atoms with van der Waals surface area (Å²) >= 11 is 0. The fraction of sp³-hybridized carbons (Fsp3) is 0.304. The Balaban J connectivity index is 0.000000414. The fourth-order valence-electron chi connectivity index (χ4n) is 3.00. The first-order valence-corrected chi connectivity index (χ1v) is 10.1. The highest BCUT2D eigenvalue weighted by molar-refractivity contribution is 5.80. The van der Waals surface area contributed by atoms with E-state index in [-0.39, 0.29) is 18.8 Å². The second-order valence-corrected chi connectivity index (χ2v) is 7.28. The average molecular weight is 450 g/mol. The summed E-state index contributed by atoms with van der Waals surface area (Å²) < 4.78 is 0. The monoisotopic (exact) mass is 450 g/mol. The zero-order valence-corrected chi connectivity index (χ0v) is 18.2. The molecule has 10 heteroatoms. The van der Waals surface area contributed by atoms with Gasteiger partial charge < -0.3 is 21.7 Å². The first kappa shape index (κ1) is 25.3. The zero-order chi connectivity index (χ0) is 24.4. The number of terminal acetylenes is 1. The van der Waals surface area contributed by atoms with E-state index in [9.17, 15) is 9.59 Å². The van der Waals surface area contributed by atoms with Crippen molar-refractivity contribution in [3.63, 3.8) is 0 Å². The lowest BCUT2D eigenvalue weighted by molar-refractivity contribution is -0.137. The molecule has 1 aromatic carbocycles. The first-order chi connectivity index (χ1) is 15.7. The maximum atomic E-state index is 10.8. The van der Waals surface area contributed by atoms with Gasteiger partial charge >= 0.3 is 5.97 Å². The van der Waals surface area contributed by atoms with Crippen LogP contribution in [0.15, 0.2) is 30.5 Å². The minimum Gasteiger partial charge on any atom is -0.481 e. The molecular weight excluding hydrogens is 424 g/mol. The molecule has 0 bridgehead atoms. The van der Waals surface area contributed by atoms with E-state index in [0.717, 1.165) is 17.5 Å². The van der Waals surface area contributed by atoms with Gasteiger partial charge in [0.2, 0.25) is 0 Å². The number of aldehydes is 1. The third-order valence-corrected chi connectivity index (χ3v) is 4.61. The molecule has 0 aliphatic carbocycles. The summed E-state index contributed by atoms with van der Waals surface area (Å²) in [5.74, 6) is 2.73. The van der Waals surface area contributed by atoms with Crippen LogP contribution in [-0.4, -0.2) is 48.6 Å². The number of hydrogen-bond donors (Lipinski definition) is 4. The number of carbonyl (C=O) groups excluding carboxylic acids is 1. The topological polar surface area (TPSA) is 178 Å². The third kappa shape index (κ3) is 7.92. The van der Waals surface area contributed by atoms with E-state index in [1.165, 1.54) is 0 Å². The zero-order valence-electron chi connectivity index (χ0n) is 18.2. The minimum atomic E-state index is -0.994. The molecule has 1 unspecified atom stereocenters. The van der Waals surface area contributed by atoms with E-state index in [1.807, 2.05) is 12.1 Å². The smallest absolute Gasteiger partial charge is 0.303 e. The molecule has 0 saturated carbocycles. The molecular formula is C23H26N6O4. The van der Waals surface area contributed by atoms with Crippen LogP contribution in [0.3, 0.4) is 0 Å². The normalized spacial score (nSPS) is 12.2. The number of nitrogens with two attached hydrogens (primary N) is 2. The number of anilines is 1. The van der Waals surface area contributed by atoms with Crippen molar-refractivity contribution in [3.05, 3.63) is 53.1 Å². The highest BCUT2D eigenvalue weighted by atomic mass is 16.4. The van der Waals surface area contributed by atoms with Crippen LogP contribution in [0.5, 0.6) is 0 Å². The van der Waals surface area contributed by atoms with Gasteiger partial charge in [0.05, 0.1) is 11.9 Å². The van der Waals surface area contributed by atoms with E-state index in [4.69, 9.17) is 28.1 Å². The molecule has 2 atom stereocenters. The van der Waals surface area contributed by atoms with Crippen molar-refractivity contribution in [2.75, 3.05) is 5.73 Å². The molecule has 6 N–H and O–H groups in total. The maximum absolute atomic E-state index is 10.8. The van der Waals surface area contributed by atoms with Gasteiger partial charge in [0, 0.05) is 24.3 Å². The van der Waals surface area contributed by atoms with Gasteiger partial charge in [-0.3, -0.25) is 9.59 Å². The van der Waals surface area contributed by atoms with Gasteiger partial charge in [-0.25, -0.2) is 19.9 Å². The van der Waals surface area contributed by atoms with Crippen LogP contribution in [-0.2, 0) is 11.2 Å². The number of carboxylic acids is 1. The Morgan fingerprint density at radius 3 is 2.48 bits per heavy atom. The molecule has 10 nitrogen and oxygen atoms in total. The Morgan fingerprint density at radius 2 is 1.94 bits per heavy atom. The van der Waals surface area contributed by atoms with Crippen LogP contribution < -0.4 is 11.5 Å². The molecule has 33 heavy (non-hydrogen) atoms. The highest BCUT2D eigenvalue weighted by Gasteiger charge is 2.14. The summed E-state index contributed by atoms with van der Waals surface area (Å²) in [7, 11) is 0. The number of aromatic nitrogens is 4. The maximum Gasteiger partial charge on any atom is 0.303 e. The molecule has 172 valence electrons. The third-order valence-electron chi connectivity index (χ3n) is 4.61. The number of nitrogen functional groups attached to an aromatic ring is 1. The molecule has 0 aliphatic heterocycles. The molecule has 0 fully saturated rings. The van der Waals surface area contributed by atoms with Crippen LogP contribution in [0.4, 0.5) is 5.82 Å². The number of nitrogens with zero attached hydrogens (tertiary/aromatic N) is 4. The molecule has 0 radical (unpaired) electrons. The average Bonchev–Trinajstić information content (AvgIpc) is 2.78. The van der Waals surface area contributed by atoms with Gasteiger partial charge in [-0.05, 0) is 25.3 Å². The predicted octanol–water partition coefficient (Wildman–Crippen LogP) is 1.60. The number of carbonyl (C=O) groups is 2. The highest BCUT2D eigenvalue weighted by Crippen LogP contribution is 2.24. The number of hydrogen-bond acceptors (Lipinski definition) is 9. The first-order valence-electron chi connectivity index (χ1n) is 10.1. The predicted molar refractivity (Wildman–Crippen MR) is 123 cm³/mol. The number of rotatable bonds is 8. The van der Waals surface area contributed by atoms with Gasteiger partial charge in [-0.15, -0.1) is 12.3 Å². The number of benzene rings is 1. The Bertz CT molecular complexity index is 1140. The number of aliphatic hydroxyl groups is 1. The summed E-state index contributed by atoms with van der Waals surface area (Å²) in [5.41, 5.74) is 14.2. The van der Waals surface area contributed by atoms with Crippen molar-refractivity contribution in [1.29, 1.82) is 0 Å². The van der Waals surface area contributed by atoms with Crippen molar-refractivity contribution in [2.45, 2.75) is 44.8 Å². The standard InChI is InChI=1S/C19H17N5O.C4H9NO3/c1-3-4-15(14-7-5-13(11-25)6-8-14)9-16-10-21-19-17(24-16)18(20)22-12(2)23-19;5-3(6)1-2-4(7)8/h1,5-8,10-11,15H,4,9H2,2H3,(H2,20,21,22,23);3,6H,1-2,5H2,(H,7,8)/t;3-/m.1/s1. The van der Waals surface area contributed by atoms with Crippen LogP contribution in [0.25, 0.3) is 11.2 Å². The van der Waals surface area contributed by atoms with Gasteiger partial charge in [0.15, 0.2) is 17.0 Å². The summed E-state index contributed by atoms with van der Waals surface area (Å²) in [6.07, 6.45) is 8.26. The second-order valence-electron chi connectivity index (χ2n) is 7.28. The number of carboxylic acid groups (broad SMARTS) is 1. The van der Waals surface area contributed by atoms with E-state index < -0.39 is 12.2 Å². The minimum absolute atomic E-state index is 0.0718. The van der Waals surface area contributed by atoms with Crippen molar-refractivity contribution in [3.8, 4) is 12.3 Å². The van der Waals surface area contributed by atoms with Gasteiger partial charge in [0.25, 0.3) is 0 Å². The fourth-order valence-corrected chi connectivity index (χ4v) is 3.00. The van der Waals surface area contributed by atoms with Crippen LogP contribution in [0.1, 0.15) is 52.6 Å². The summed E-state index contributed by atoms with van der Waals surface area (Å²) in [6, 6.07) is 7.40. The van der Waals surface area contributed by atoms with Crippen molar-refractivity contribution in [1.82, 2.24) is 19.9 Å². The largest absolute Gasteiger partial charge is 0.481 e. The molecule has 0 saturated heterocycles. The number of aliphatic hydroxyl groups excluding tert-OH is 1. The summed E-state index contributed by atoms with van der Waals surface area (Å²) in [4.78, 5) is 37.8. The van der Waals surface area contributed by atoms with Gasteiger partial charge in [-0.2, -0.15) is 0 Å². The molecule has 2 heterocycles. The van der Waals surface area contributed by atoms with Crippen LogP contribution in [0, 0.1) is 19.3 Å².